The zero-order valence-electron chi connectivity index (χ0n) is 18.7. The average Bonchev–Trinajstić information content (AvgIpc) is 3.62. The zero-order valence-corrected chi connectivity index (χ0v) is 19.5. The first kappa shape index (κ1) is 23.7. The molecule has 0 spiro atoms. The monoisotopic (exact) mass is 474 g/mol. The summed E-state index contributed by atoms with van der Waals surface area (Å²) in [6, 6.07) is 13.4. The second kappa shape index (κ2) is 10.6. The number of benzene rings is 2. The number of aryl methyl sites for hydroxylation is 1. The summed E-state index contributed by atoms with van der Waals surface area (Å²) in [5.41, 5.74) is 1.97. The molecule has 0 bridgehead atoms. The molecule has 0 atom stereocenters. The van der Waals surface area contributed by atoms with Crippen LogP contribution in [-0.2, 0) is 21.2 Å². The van der Waals surface area contributed by atoms with E-state index in [9.17, 15) is 17.6 Å². The third kappa shape index (κ3) is 6.99. The molecule has 33 heavy (non-hydrogen) atoms. The van der Waals surface area contributed by atoms with Gasteiger partial charge < -0.3 is 10.2 Å². The molecule has 0 unspecified atom stereocenters. The predicted molar refractivity (Wildman–Crippen MR) is 126 cm³/mol. The Morgan fingerprint density at radius 3 is 2.27 bits per heavy atom. The van der Waals surface area contributed by atoms with Gasteiger partial charge in [0.05, 0.1) is 4.90 Å². The van der Waals surface area contributed by atoms with E-state index in [1.54, 1.807) is 24.3 Å². The number of piperazine rings is 1. The van der Waals surface area contributed by atoms with Gasteiger partial charge in [-0.15, -0.1) is 0 Å². The lowest BCUT2D eigenvalue weighted by Crippen LogP contribution is -2.48. The van der Waals surface area contributed by atoms with Crippen LogP contribution in [0.2, 0.25) is 0 Å². The smallest absolute Gasteiger partial charge is 0.240 e. The Morgan fingerprint density at radius 2 is 1.64 bits per heavy atom. The van der Waals surface area contributed by atoms with Crippen molar-refractivity contribution in [1.82, 2.24) is 14.9 Å². The summed E-state index contributed by atoms with van der Waals surface area (Å²) in [5, 5.41) is 2.97. The van der Waals surface area contributed by atoms with Crippen LogP contribution in [0.15, 0.2) is 53.4 Å². The van der Waals surface area contributed by atoms with Gasteiger partial charge in [0.25, 0.3) is 0 Å². The molecule has 1 saturated heterocycles. The fraction of sp³-hybridized carbons (Fsp3) is 0.458. The Hall–Kier alpha value is -2.49. The first-order chi connectivity index (χ1) is 15.9. The van der Waals surface area contributed by atoms with Crippen molar-refractivity contribution in [2.45, 2.75) is 36.6 Å². The van der Waals surface area contributed by atoms with Crippen LogP contribution in [0.1, 0.15) is 24.8 Å². The van der Waals surface area contributed by atoms with Crippen molar-refractivity contribution in [2.24, 2.45) is 0 Å². The standard InChI is InChI=1S/C24H31FN4O3S/c25-20-4-8-22(9-5-20)29-17-15-28(16-18-29)14-13-26-24(30)12-3-19-1-10-23(11-2-19)33(31,32)27-21-6-7-21/h1-2,4-5,8-11,21,27H,3,6-7,12-18H2,(H,26,30). The van der Waals surface area contributed by atoms with Crippen molar-refractivity contribution in [3.05, 3.63) is 59.9 Å². The lowest BCUT2D eigenvalue weighted by molar-refractivity contribution is -0.121. The number of nitrogens with zero attached hydrogens (tertiary/aromatic N) is 2. The van der Waals surface area contributed by atoms with Gasteiger partial charge in [0.2, 0.25) is 15.9 Å². The Bertz CT molecular complexity index is 1030. The van der Waals surface area contributed by atoms with E-state index in [1.807, 2.05) is 12.1 Å². The fourth-order valence-electron chi connectivity index (χ4n) is 3.91. The van der Waals surface area contributed by atoms with Crippen LogP contribution >= 0.6 is 0 Å². The molecule has 1 saturated carbocycles. The van der Waals surface area contributed by atoms with Gasteiger partial charge in [-0.3, -0.25) is 9.69 Å². The van der Waals surface area contributed by atoms with Crippen molar-refractivity contribution >= 4 is 21.6 Å². The molecule has 178 valence electrons. The molecule has 2 N–H and O–H groups in total. The van der Waals surface area contributed by atoms with E-state index in [1.165, 1.54) is 12.1 Å². The SMILES string of the molecule is O=C(CCc1ccc(S(=O)(=O)NC2CC2)cc1)NCCN1CCN(c2ccc(F)cc2)CC1. The van der Waals surface area contributed by atoms with Crippen LogP contribution in [-0.4, -0.2) is 64.5 Å². The molecule has 9 heteroatoms. The summed E-state index contributed by atoms with van der Waals surface area (Å²) in [7, 11) is -3.44. The van der Waals surface area contributed by atoms with E-state index in [-0.39, 0.29) is 22.7 Å². The van der Waals surface area contributed by atoms with Crippen LogP contribution in [0.5, 0.6) is 0 Å². The van der Waals surface area contributed by atoms with Crippen LogP contribution < -0.4 is 14.9 Å². The number of sulfonamides is 1. The summed E-state index contributed by atoms with van der Waals surface area (Å²) >= 11 is 0. The van der Waals surface area contributed by atoms with Gasteiger partial charge in [0, 0.05) is 57.4 Å². The number of amides is 1. The van der Waals surface area contributed by atoms with Gasteiger partial charge in [-0.2, -0.15) is 0 Å². The van der Waals surface area contributed by atoms with Gasteiger partial charge in [-0.25, -0.2) is 17.5 Å². The van der Waals surface area contributed by atoms with Crippen molar-refractivity contribution in [2.75, 3.05) is 44.2 Å². The second-order valence-corrected chi connectivity index (χ2v) is 10.4. The van der Waals surface area contributed by atoms with E-state index in [0.717, 1.165) is 56.8 Å². The van der Waals surface area contributed by atoms with E-state index >= 15 is 0 Å². The van der Waals surface area contributed by atoms with Crippen LogP contribution in [0.4, 0.5) is 10.1 Å². The van der Waals surface area contributed by atoms with E-state index in [2.05, 4.69) is 19.8 Å². The molecular formula is C24H31FN4O3S. The second-order valence-electron chi connectivity index (χ2n) is 8.69. The number of carbonyl (C=O) groups is 1. The number of rotatable bonds is 10. The van der Waals surface area contributed by atoms with Gasteiger partial charge in [-0.05, 0) is 61.2 Å². The Kier molecular flexibility index (Phi) is 7.62. The molecule has 1 aliphatic heterocycles. The third-order valence-corrected chi connectivity index (χ3v) is 7.62. The third-order valence-electron chi connectivity index (χ3n) is 6.09. The van der Waals surface area contributed by atoms with E-state index in [4.69, 9.17) is 0 Å². The maximum absolute atomic E-state index is 13.1. The normalized spacial score (nSPS) is 17.2. The zero-order chi connectivity index (χ0) is 23.3. The predicted octanol–water partition coefficient (Wildman–Crippen LogP) is 2.14. The molecule has 4 rings (SSSR count). The summed E-state index contributed by atoms with van der Waals surface area (Å²) in [5.74, 6) is -0.230. The Balaban J connectivity index is 1.12. The number of anilines is 1. The minimum absolute atomic E-state index is 0.00736. The maximum Gasteiger partial charge on any atom is 0.240 e. The van der Waals surface area contributed by atoms with Crippen LogP contribution in [0.3, 0.4) is 0 Å². The first-order valence-electron chi connectivity index (χ1n) is 11.5. The lowest BCUT2D eigenvalue weighted by atomic mass is 10.1. The van der Waals surface area contributed by atoms with Crippen molar-refractivity contribution in [1.29, 1.82) is 0 Å². The number of hydrogen-bond donors (Lipinski definition) is 2. The maximum atomic E-state index is 13.1. The first-order valence-corrected chi connectivity index (χ1v) is 13.0. The summed E-state index contributed by atoms with van der Waals surface area (Å²) < 4.78 is 40.2. The largest absolute Gasteiger partial charge is 0.369 e. The Labute approximate surface area is 195 Å². The molecule has 2 aliphatic rings. The lowest BCUT2D eigenvalue weighted by Gasteiger charge is -2.36. The molecule has 7 nitrogen and oxygen atoms in total. The van der Waals surface area contributed by atoms with Crippen LogP contribution in [0.25, 0.3) is 0 Å². The highest BCUT2D eigenvalue weighted by Gasteiger charge is 2.27. The van der Waals surface area contributed by atoms with Gasteiger partial charge in [0.15, 0.2) is 0 Å². The molecule has 1 heterocycles. The number of nitrogens with one attached hydrogen (secondary N) is 2. The molecule has 2 aromatic carbocycles. The highest BCUT2D eigenvalue weighted by Crippen LogP contribution is 2.22. The minimum atomic E-state index is -3.44. The van der Waals surface area contributed by atoms with Crippen LogP contribution in [0, 0.1) is 5.82 Å². The number of hydrogen-bond acceptors (Lipinski definition) is 5. The summed E-state index contributed by atoms with van der Waals surface area (Å²) in [6.45, 7) is 4.95. The van der Waals surface area contributed by atoms with Crippen molar-refractivity contribution in [3.63, 3.8) is 0 Å². The molecule has 2 fully saturated rings. The highest BCUT2D eigenvalue weighted by molar-refractivity contribution is 7.89. The summed E-state index contributed by atoms with van der Waals surface area (Å²) in [4.78, 5) is 17.0. The minimum Gasteiger partial charge on any atom is -0.369 e. The average molecular weight is 475 g/mol. The molecule has 1 aliphatic carbocycles. The molecule has 1 amide bonds. The molecule has 0 radical (unpaired) electrons. The van der Waals surface area contributed by atoms with Gasteiger partial charge in [0.1, 0.15) is 5.82 Å². The molecule has 0 aromatic heterocycles. The Morgan fingerprint density at radius 1 is 0.970 bits per heavy atom. The fourth-order valence-corrected chi connectivity index (χ4v) is 5.21. The van der Waals surface area contributed by atoms with E-state index in [0.29, 0.717) is 19.4 Å². The highest BCUT2D eigenvalue weighted by atomic mass is 32.2. The van der Waals surface area contributed by atoms with E-state index < -0.39 is 10.0 Å². The number of carbonyl (C=O) groups excluding carboxylic acids is 1. The molecular weight excluding hydrogens is 443 g/mol. The van der Waals surface area contributed by atoms with Gasteiger partial charge in [-0.1, -0.05) is 12.1 Å². The molecule has 2 aromatic rings. The van der Waals surface area contributed by atoms with Crippen molar-refractivity contribution in [3.8, 4) is 0 Å². The topological polar surface area (TPSA) is 81.7 Å². The quantitative estimate of drug-likeness (QED) is 0.552. The van der Waals surface area contributed by atoms with Crippen molar-refractivity contribution < 1.29 is 17.6 Å². The summed E-state index contributed by atoms with van der Waals surface area (Å²) in [6.07, 6.45) is 2.74. The number of halogens is 1. The van der Waals surface area contributed by atoms with Gasteiger partial charge >= 0.3 is 0 Å².